The van der Waals surface area contributed by atoms with Crippen LogP contribution in [0.2, 0.25) is 0 Å². The van der Waals surface area contributed by atoms with Crippen molar-refractivity contribution < 1.29 is 9.32 Å². The summed E-state index contributed by atoms with van der Waals surface area (Å²) < 4.78 is 5.65. The Morgan fingerprint density at radius 3 is 3.05 bits per heavy atom. The molecule has 0 atom stereocenters. The highest BCUT2D eigenvalue weighted by molar-refractivity contribution is 8.01. The molecule has 0 aliphatic carbocycles. The van der Waals surface area contributed by atoms with Crippen molar-refractivity contribution in [2.45, 2.75) is 18.2 Å². The average molecular weight is 299 g/mol. The van der Waals surface area contributed by atoms with Gasteiger partial charge < -0.3 is 9.84 Å². The van der Waals surface area contributed by atoms with Crippen LogP contribution in [0.5, 0.6) is 0 Å². The van der Waals surface area contributed by atoms with Gasteiger partial charge >= 0.3 is 0 Å². The second-order valence-corrected chi connectivity index (χ2v) is 5.77. The van der Waals surface area contributed by atoms with Gasteiger partial charge in [0.1, 0.15) is 0 Å². The average Bonchev–Trinajstić information content (AvgIpc) is 2.97. The Morgan fingerprint density at radius 2 is 2.37 bits per heavy atom. The minimum absolute atomic E-state index is 0.165. The number of hydrogen-bond acceptors (Lipinski definition) is 8. The van der Waals surface area contributed by atoms with E-state index in [9.17, 15) is 4.79 Å². The van der Waals surface area contributed by atoms with Gasteiger partial charge in [-0.25, -0.2) is 0 Å². The van der Waals surface area contributed by atoms with Crippen LogP contribution in [0.4, 0.5) is 11.0 Å². The Hall–Kier alpha value is -1.61. The maximum absolute atomic E-state index is 11.6. The minimum Gasteiger partial charge on any atom is -0.360 e. The molecule has 0 aliphatic heterocycles. The van der Waals surface area contributed by atoms with E-state index in [1.807, 2.05) is 6.92 Å². The first-order chi connectivity index (χ1) is 9.17. The quantitative estimate of drug-likeness (QED) is 0.788. The predicted molar refractivity (Wildman–Crippen MR) is 74.7 cm³/mol. The highest BCUT2D eigenvalue weighted by atomic mass is 32.2. The molecular formula is C10H13N5O2S2. The monoisotopic (exact) mass is 299 g/mol. The zero-order chi connectivity index (χ0) is 13.7. The van der Waals surface area contributed by atoms with Gasteiger partial charge in [0, 0.05) is 12.6 Å². The predicted octanol–water partition coefficient (Wildman–Crippen LogP) is 2.00. The van der Waals surface area contributed by atoms with Gasteiger partial charge in [0.15, 0.2) is 4.34 Å². The fourth-order valence-electron chi connectivity index (χ4n) is 1.21. The van der Waals surface area contributed by atoms with Crippen LogP contribution < -0.4 is 10.6 Å². The van der Waals surface area contributed by atoms with Gasteiger partial charge in [0.2, 0.25) is 16.9 Å². The number of nitrogens with one attached hydrogen (secondary N) is 2. The van der Waals surface area contributed by atoms with E-state index in [0.717, 1.165) is 21.7 Å². The molecule has 0 bridgehead atoms. The van der Waals surface area contributed by atoms with E-state index in [2.05, 4.69) is 26.0 Å². The summed E-state index contributed by atoms with van der Waals surface area (Å²) >= 11 is 2.76. The van der Waals surface area contributed by atoms with Crippen LogP contribution in [0.3, 0.4) is 0 Å². The van der Waals surface area contributed by atoms with Gasteiger partial charge in [-0.15, -0.1) is 10.2 Å². The van der Waals surface area contributed by atoms with E-state index in [0.29, 0.717) is 5.88 Å². The largest absolute Gasteiger partial charge is 0.360 e. The Bertz CT molecular complexity index is 554. The Kier molecular flexibility index (Phi) is 4.74. The fraction of sp³-hybridized carbons (Fsp3) is 0.400. The molecule has 9 heteroatoms. The zero-order valence-electron chi connectivity index (χ0n) is 10.5. The summed E-state index contributed by atoms with van der Waals surface area (Å²) in [7, 11) is 0. The third-order valence-electron chi connectivity index (χ3n) is 1.95. The molecule has 0 radical (unpaired) electrons. The molecule has 19 heavy (non-hydrogen) atoms. The molecule has 0 saturated heterocycles. The van der Waals surface area contributed by atoms with Crippen molar-refractivity contribution in [2.24, 2.45) is 0 Å². The first kappa shape index (κ1) is 13.8. The molecule has 2 aromatic rings. The van der Waals surface area contributed by atoms with Gasteiger partial charge in [0.05, 0.1) is 11.4 Å². The number of aromatic nitrogens is 3. The summed E-state index contributed by atoms with van der Waals surface area (Å²) in [6, 6.07) is 1.66. The summed E-state index contributed by atoms with van der Waals surface area (Å²) in [5.74, 6) is 0.440. The van der Waals surface area contributed by atoms with Gasteiger partial charge in [-0.1, -0.05) is 28.3 Å². The van der Waals surface area contributed by atoms with Crippen LogP contribution in [0.1, 0.15) is 12.6 Å². The van der Waals surface area contributed by atoms with Gasteiger partial charge in [-0.2, -0.15) is 0 Å². The standard InChI is InChI=1S/C10H13N5O2S2/c1-3-11-9-13-14-10(19-9)18-5-7(16)12-8-4-6(2)15-17-8/h4H,3,5H2,1-2H3,(H,11,13)(H,12,16). The maximum Gasteiger partial charge on any atom is 0.237 e. The van der Waals surface area contributed by atoms with Crippen LogP contribution in [0.25, 0.3) is 0 Å². The fourth-order valence-corrected chi connectivity index (χ4v) is 2.83. The number of nitrogens with zero attached hydrogens (tertiary/aromatic N) is 3. The van der Waals surface area contributed by atoms with Gasteiger partial charge in [-0.05, 0) is 13.8 Å². The van der Waals surface area contributed by atoms with Crippen LogP contribution in [0.15, 0.2) is 14.9 Å². The second kappa shape index (κ2) is 6.53. The lowest BCUT2D eigenvalue weighted by Crippen LogP contribution is -2.13. The van der Waals surface area contributed by atoms with Crippen molar-refractivity contribution in [3.63, 3.8) is 0 Å². The molecule has 7 nitrogen and oxygen atoms in total. The van der Waals surface area contributed by atoms with Crippen LogP contribution in [-0.4, -0.2) is 33.6 Å². The number of carbonyl (C=O) groups excluding carboxylic acids is 1. The lowest BCUT2D eigenvalue weighted by molar-refractivity contribution is -0.113. The van der Waals surface area contributed by atoms with E-state index < -0.39 is 0 Å². The van der Waals surface area contributed by atoms with E-state index in [1.54, 1.807) is 13.0 Å². The SMILES string of the molecule is CCNc1nnc(SCC(=O)Nc2cc(C)no2)s1. The van der Waals surface area contributed by atoms with Crippen molar-refractivity contribution in [1.82, 2.24) is 15.4 Å². The molecule has 0 saturated carbocycles. The van der Waals surface area contributed by atoms with Crippen LogP contribution in [-0.2, 0) is 4.79 Å². The summed E-state index contributed by atoms with van der Waals surface area (Å²) in [5.41, 5.74) is 0.724. The first-order valence-corrected chi connectivity index (χ1v) is 7.41. The van der Waals surface area contributed by atoms with Crippen LogP contribution >= 0.6 is 23.1 Å². The Labute approximate surface area is 118 Å². The number of carbonyl (C=O) groups is 1. The highest BCUT2D eigenvalue weighted by Gasteiger charge is 2.10. The normalized spacial score (nSPS) is 10.4. The minimum atomic E-state index is -0.165. The van der Waals surface area contributed by atoms with E-state index in [1.165, 1.54) is 23.1 Å². The molecule has 0 unspecified atom stereocenters. The van der Waals surface area contributed by atoms with Crippen molar-refractivity contribution in [3.05, 3.63) is 11.8 Å². The molecule has 0 aliphatic rings. The highest BCUT2D eigenvalue weighted by Crippen LogP contribution is 2.25. The van der Waals surface area contributed by atoms with E-state index in [-0.39, 0.29) is 11.7 Å². The summed E-state index contributed by atoms with van der Waals surface area (Å²) in [6.07, 6.45) is 0. The van der Waals surface area contributed by atoms with Crippen molar-refractivity contribution in [1.29, 1.82) is 0 Å². The molecule has 1 amide bonds. The topological polar surface area (TPSA) is 92.9 Å². The molecule has 0 spiro atoms. The molecule has 2 N–H and O–H groups in total. The van der Waals surface area contributed by atoms with Crippen molar-refractivity contribution >= 4 is 40.0 Å². The number of anilines is 2. The third-order valence-corrected chi connectivity index (χ3v) is 3.97. The van der Waals surface area contributed by atoms with Crippen molar-refractivity contribution in [3.8, 4) is 0 Å². The van der Waals surface area contributed by atoms with Gasteiger partial charge in [0.25, 0.3) is 0 Å². The number of thioether (sulfide) groups is 1. The molecule has 2 aromatic heterocycles. The van der Waals surface area contributed by atoms with Crippen LogP contribution in [0, 0.1) is 6.92 Å². The van der Waals surface area contributed by atoms with Crippen molar-refractivity contribution in [2.75, 3.05) is 22.9 Å². The summed E-state index contributed by atoms with van der Waals surface area (Å²) in [5, 5.41) is 18.0. The molecular weight excluding hydrogens is 286 g/mol. The summed E-state index contributed by atoms with van der Waals surface area (Å²) in [6.45, 7) is 4.57. The number of rotatable bonds is 6. The number of hydrogen-bond donors (Lipinski definition) is 2. The third kappa shape index (κ3) is 4.21. The molecule has 2 rings (SSSR count). The lowest BCUT2D eigenvalue weighted by atomic mass is 10.5. The number of aryl methyl sites for hydroxylation is 1. The molecule has 102 valence electrons. The number of amides is 1. The van der Waals surface area contributed by atoms with Gasteiger partial charge in [-0.3, -0.25) is 10.1 Å². The smallest absolute Gasteiger partial charge is 0.237 e. The van der Waals surface area contributed by atoms with E-state index >= 15 is 0 Å². The Balaban J connectivity index is 1.79. The maximum atomic E-state index is 11.6. The Morgan fingerprint density at radius 1 is 1.53 bits per heavy atom. The molecule has 0 fully saturated rings. The molecule has 2 heterocycles. The lowest BCUT2D eigenvalue weighted by Gasteiger charge is -1.98. The summed E-state index contributed by atoms with van der Waals surface area (Å²) in [4.78, 5) is 11.6. The second-order valence-electron chi connectivity index (χ2n) is 3.57. The zero-order valence-corrected chi connectivity index (χ0v) is 12.1. The first-order valence-electron chi connectivity index (χ1n) is 5.60. The van der Waals surface area contributed by atoms with E-state index in [4.69, 9.17) is 4.52 Å². The molecule has 0 aromatic carbocycles.